The van der Waals surface area contributed by atoms with E-state index in [1.54, 1.807) is 0 Å². The third-order valence-electron chi connectivity index (χ3n) is 3.09. The molecule has 0 aliphatic rings. The maximum atomic E-state index is 13.5. The van der Waals surface area contributed by atoms with Gasteiger partial charge in [0.05, 0.1) is 17.0 Å². The van der Waals surface area contributed by atoms with Gasteiger partial charge in [-0.25, -0.2) is 4.39 Å². The molecule has 0 unspecified atom stereocenters. The van der Waals surface area contributed by atoms with Gasteiger partial charge < -0.3 is 15.6 Å². The standard InChI is InChI=1S/C14H10F4N2O4/c15-8-5-10(13(21)11(6-8)20(22)23)12(19)7-1-3-9(4-2-7)24-14(16,17)18/h1-6,12,21H,19H2/t12-/m0/s1. The highest BCUT2D eigenvalue weighted by Gasteiger charge is 2.31. The van der Waals surface area contributed by atoms with Crippen LogP contribution in [-0.4, -0.2) is 16.4 Å². The predicted molar refractivity (Wildman–Crippen MR) is 73.9 cm³/mol. The van der Waals surface area contributed by atoms with Crippen LogP contribution in [0.5, 0.6) is 11.5 Å². The molecule has 1 atom stereocenters. The van der Waals surface area contributed by atoms with Gasteiger partial charge in [0.1, 0.15) is 11.6 Å². The first kappa shape index (κ1) is 17.5. The lowest BCUT2D eigenvalue weighted by Crippen LogP contribution is -2.17. The number of hydrogen-bond donors (Lipinski definition) is 2. The summed E-state index contributed by atoms with van der Waals surface area (Å²) < 4.78 is 53.5. The molecule has 10 heteroatoms. The molecule has 0 spiro atoms. The molecule has 128 valence electrons. The topological polar surface area (TPSA) is 98.6 Å². The van der Waals surface area contributed by atoms with Crippen molar-refractivity contribution in [3.8, 4) is 11.5 Å². The van der Waals surface area contributed by atoms with Gasteiger partial charge in [0.15, 0.2) is 5.75 Å². The highest BCUT2D eigenvalue weighted by atomic mass is 19.4. The van der Waals surface area contributed by atoms with Crippen LogP contribution in [0.15, 0.2) is 36.4 Å². The molecule has 0 bridgehead atoms. The van der Waals surface area contributed by atoms with E-state index >= 15 is 0 Å². The molecule has 0 radical (unpaired) electrons. The number of nitro benzene ring substituents is 1. The molecule has 2 aromatic carbocycles. The SMILES string of the molecule is N[C@@H](c1ccc(OC(F)(F)F)cc1)c1cc(F)cc([N+](=O)[O-])c1O. The quantitative estimate of drug-likeness (QED) is 0.502. The summed E-state index contributed by atoms with van der Waals surface area (Å²) in [5.74, 6) is -2.29. The smallest absolute Gasteiger partial charge is 0.502 e. The number of ether oxygens (including phenoxy) is 1. The summed E-state index contributed by atoms with van der Waals surface area (Å²) in [5, 5.41) is 20.6. The summed E-state index contributed by atoms with van der Waals surface area (Å²) >= 11 is 0. The number of nitrogens with two attached hydrogens (primary N) is 1. The third kappa shape index (κ3) is 3.90. The van der Waals surface area contributed by atoms with Gasteiger partial charge in [0.25, 0.3) is 0 Å². The third-order valence-corrected chi connectivity index (χ3v) is 3.09. The van der Waals surface area contributed by atoms with E-state index in [-0.39, 0.29) is 11.1 Å². The first-order valence-corrected chi connectivity index (χ1v) is 6.36. The zero-order chi connectivity index (χ0) is 18.1. The molecule has 2 aromatic rings. The lowest BCUT2D eigenvalue weighted by molar-refractivity contribution is -0.386. The molecular weight excluding hydrogens is 336 g/mol. The van der Waals surface area contributed by atoms with Crippen molar-refractivity contribution in [1.29, 1.82) is 0 Å². The number of alkyl halides is 3. The minimum Gasteiger partial charge on any atom is -0.502 e. The maximum Gasteiger partial charge on any atom is 0.573 e. The second kappa shape index (κ2) is 6.32. The van der Waals surface area contributed by atoms with Crippen LogP contribution >= 0.6 is 0 Å². The molecule has 0 aliphatic heterocycles. The Balaban J connectivity index is 2.35. The molecule has 0 amide bonds. The van der Waals surface area contributed by atoms with Gasteiger partial charge in [-0.1, -0.05) is 12.1 Å². The van der Waals surface area contributed by atoms with Crippen LogP contribution in [0.4, 0.5) is 23.2 Å². The van der Waals surface area contributed by atoms with E-state index in [9.17, 15) is 32.8 Å². The highest BCUT2D eigenvalue weighted by Crippen LogP contribution is 2.36. The van der Waals surface area contributed by atoms with Crippen LogP contribution in [0.3, 0.4) is 0 Å². The van der Waals surface area contributed by atoms with Crippen LogP contribution in [0.2, 0.25) is 0 Å². The van der Waals surface area contributed by atoms with E-state index in [2.05, 4.69) is 4.74 Å². The molecule has 6 nitrogen and oxygen atoms in total. The van der Waals surface area contributed by atoms with E-state index in [0.717, 1.165) is 18.2 Å². The number of halogens is 4. The number of aromatic hydroxyl groups is 1. The van der Waals surface area contributed by atoms with Crippen molar-refractivity contribution in [1.82, 2.24) is 0 Å². The van der Waals surface area contributed by atoms with E-state index in [1.165, 1.54) is 12.1 Å². The minimum absolute atomic E-state index is 0.194. The number of benzene rings is 2. The highest BCUT2D eigenvalue weighted by molar-refractivity contribution is 5.54. The van der Waals surface area contributed by atoms with Crippen molar-refractivity contribution >= 4 is 5.69 Å². The largest absolute Gasteiger partial charge is 0.573 e. The Labute approximate surface area is 132 Å². The Bertz CT molecular complexity index is 763. The fourth-order valence-corrected chi connectivity index (χ4v) is 2.04. The summed E-state index contributed by atoms with van der Waals surface area (Å²) in [6, 6.07) is 4.45. The van der Waals surface area contributed by atoms with Gasteiger partial charge in [0, 0.05) is 5.56 Å². The first-order valence-electron chi connectivity index (χ1n) is 6.36. The van der Waals surface area contributed by atoms with Gasteiger partial charge in [-0.2, -0.15) is 0 Å². The van der Waals surface area contributed by atoms with E-state index < -0.39 is 40.3 Å². The second-order valence-electron chi connectivity index (χ2n) is 4.71. The van der Waals surface area contributed by atoms with Crippen molar-refractivity contribution < 1.29 is 32.3 Å². The van der Waals surface area contributed by atoms with Crippen molar-refractivity contribution in [2.45, 2.75) is 12.4 Å². The fourth-order valence-electron chi connectivity index (χ4n) is 2.04. The number of phenols is 1. The normalized spacial score (nSPS) is 12.7. The number of phenolic OH excluding ortho intramolecular Hbond substituents is 1. The van der Waals surface area contributed by atoms with Gasteiger partial charge in [0.2, 0.25) is 0 Å². The Hall–Kier alpha value is -2.88. The molecular formula is C14H10F4N2O4. The van der Waals surface area contributed by atoms with Crippen LogP contribution in [0, 0.1) is 15.9 Å². The molecule has 2 rings (SSSR count). The predicted octanol–water partition coefficient (Wildman–Crippen LogP) is 3.39. The lowest BCUT2D eigenvalue weighted by Gasteiger charge is -2.15. The van der Waals surface area contributed by atoms with Crippen molar-refractivity contribution in [2.75, 3.05) is 0 Å². The monoisotopic (exact) mass is 346 g/mol. The molecule has 0 saturated heterocycles. The van der Waals surface area contributed by atoms with Crippen molar-refractivity contribution in [3.05, 3.63) is 63.5 Å². The molecule has 24 heavy (non-hydrogen) atoms. The van der Waals surface area contributed by atoms with E-state index in [1.807, 2.05) is 0 Å². The number of rotatable bonds is 4. The molecule has 0 aliphatic carbocycles. The van der Waals surface area contributed by atoms with E-state index in [0.29, 0.717) is 6.07 Å². The van der Waals surface area contributed by atoms with Gasteiger partial charge >= 0.3 is 12.0 Å². The molecule has 3 N–H and O–H groups in total. The van der Waals surface area contributed by atoms with Gasteiger partial charge in [-0.15, -0.1) is 13.2 Å². The molecule has 0 fully saturated rings. The Morgan fingerprint density at radius 1 is 1.21 bits per heavy atom. The molecule has 0 aromatic heterocycles. The number of nitro groups is 1. The molecule has 0 heterocycles. The van der Waals surface area contributed by atoms with Crippen LogP contribution in [-0.2, 0) is 0 Å². The summed E-state index contributed by atoms with van der Waals surface area (Å²) in [7, 11) is 0. The number of hydrogen-bond acceptors (Lipinski definition) is 5. The Kier molecular flexibility index (Phi) is 4.60. The summed E-state index contributed by atoms with van der Waals surface area (Å²) in [5.41, 5.74) is 4.88. The summed E-state index contributed by atoms with van der Waals surface area (Å²) in [4.78, 5) is 9.80. The van der Waals surface area contributed by atoms with Crippen LogP contribution in [0.1, 0.15) is 17.2 Å². The number of nitrogens with zero attached hydrogens (tertiary/aromatic N) is 1. The fraction of sp³-hybridized carbons (Fsp3) is 0.143. The van der Waals surface area contributed by atoms with Crippen LogP contribution < -0.4 is 10.5 Å². The van der Waals surface area contributed by atoms with Gasteiger partial charge in [-0.3, -0.25) is 10.1 Å². The Morgan fingerprint density at radius 3 is 2.29 bits per heavy atom. The average Bonchev–Trinajstić information content (AvgIpc) is 2.47. The maximum absolute atomic E-state index is 13.5. The minimum atomic E-state index is -4.86. The van der Waals surface area contributed by atoms with Crippen molar-refractivity contribution in [2.24, 2.45) is 5.73 Å². The zero-order valence-corrected chi connectivity index (χ0v) is 11.7. The average molecular weight is 346 g/mol. The van der Waals surface area contributed by atoms with Crippen molar-refractivity contribution in [3.63, 3.8) is 0 Å². The Morgan fingerprint density at radius 2 is 1.79 bits per heavy atom. The lowest BCUT2D eigenvalue weighted by atomic mass is 9.98. The van der Waals surface area contributed by atoms with Gasteiger partial charge in [-0.05, 0) is 23.8 Å². The zero-order valence-electron chi connectivity index (χ0n) is 11.7. The second-order valence-corrected chi connectivity index (χ2v) is 4.71. The van der Waals surface area contributed by atoms with Crippen LogP contribution in [0.25, 0.3) is 0 Å². The first-order chi connectivity index (χ1) is 11.1. The van der Waals surface area contributed by atoms with E-state index in [4.69, 9.17) is 5.73 Å². The molecule has 0 saturated carbocycles. The summed E-state index contributed by atoms with van der Waals surface area (Å²) in [6.07, 6.45) is -4.86. The summed E-state index contributed by atoms with van der Waals surface area (Å²) in [6.45, 7) is 0.